The van der Waals surface area contributed by atoms with Gasteiger partial charge in [-0.05, 0) is 43.5 Å². The molecule has 1 unspecified atom stereocenters. The van der Waals surface area contributed by atoms with Gasteiger partial charge in [-0.3, -0.25) is 0 Å². The molecule has 0 bridgehead atoms. The van der Waals surface area contributed by atoms with Crippen molar-refractivity contribution in [3.05, 3.63) is 29.8 Å². The molecule has 94 valence electrons. The third-order valence-electron chi connectivity index (χ3n) is 2.44. The molecule has 1 aromatic rings. The SMILES string of the molecule is COc1ccc(C(=O)OC(C)CC(C)C)cc1. The number of methoxy groups -OCH3 is 1. The van der Waals surface area contributed by atoms with E-state index in [1.165, 1.54) is 0 Å². The molecule has 0 N–H and O–H groups in total. The van der Waals surface area contributed by atoms with Crippen molar-refractivity contribution in [1.29, 1.82) is 0 Å². The number of carbonyl (C=O) groups excluding carboxylic acids is 1. The molecule has 0 saturated carbocycles. The number of benzene rings is 1. The Balaban J connectivity index is 2.57. The molecule has 0 aliphatic heterocycles. The van der Waals surface area contributed by atoms with Gasteiger partial charge in [0.1, 0.15) is 5.75 Å². The van der Waals surface area contributed by atoms with Crippen molar-refractivity contribution in [2.45, 2.75) is 33.3 Å². The number of rotatable bonds is 5. The zero-order chi connectivity index (χ0) is 12.8. The van der Waals surface area contributed by atoms with E-state index in [0.29, 0.717) is 11.5 Å². The third-order valence-corrected chi connectivity index (χ3v) is 2.44. The maximum Gasteiger partial charge on any atom is 0.338 e. The number of carbonyl (C=O) groups is 1. The Bertz CT molecular complexity index is 354. The van der Waals surface area contributed by atoms with Crippen molar-refractivity contribution in [3.63, 3.8) is 0 Å². The predicted molar refractivity (Wildman–Crippen MR) is 67.3 cm³/mol. The molecule has 0 aromatic heterocycles. The lowest BCUT2D eigenvalue weighted by Crippen LogP contribution is -2.16. The average molecular weight is 236 g/mol. The van der Waals surface area contributed by atoms with Crippen molar-refractivity contribution in [1.82, 2.24) is 0 Å². The molecule has 0 amide bonds. The molecule has 0 heterocycles. The molecule has 1 rings (SSSR count). The summed E-state index contributed by atoms with van der Waals surface area (Å²) < 4.78 is 10.4. The summed E-state index contributed by atoms with van der Waals surface area (Å²) in [5.41, 5.74) is 0.557. The second-order valence-electron chi connectivity index (χ2n) is 4.57. The van der Waals surface area contributed by atoms with E-state index < -0.39 is 0 Å². The first kappa shape index (κ1) is 13.6. The van der Waals surface area contributed by atoms with Crippen LogP contribution in [0.3, 0.4) is 0 Å². The Hall–Kier alpha value is -1.51. The van der Waals surface area contributed by atoms with Crippen LogP contribution >= 0.6 is 0 Å². The van der Waals surface area contributed by atoms with Crippen LogP contribution in [0.5, 0.6) is 5.75 Å². The van der Waals surface area contributed by atoms with Crippen LogP contribution in [0.4, 0.5) is 0 Å². The minimum absolute atomic E-state index is 0.0513. The van der Waals surface area contributed by atoms with Crippen LogP contribution in [0.2, 0.25) is 0 Å². The first-order chi connectivity index (χ1) is 8.02. The minimum Gasteiger partial charge on any atom is -0.497 e. The maximum absolute atomic E-state index is 11.8. The van der Waals surface area contributed by atoms with Gasteiger partial charge < -0.3 is 9.47 Å². The lowest BCUT2D eigenvalue weighted by molar-refractivity contribution is 0.0299. The van der Waals surface area contributed by atoms with E-state index in [9.17, 15) is 4.79 Å². The molecular weight excluding hydrogens is 216 g/mol. The van der Waals surface area contributed by atoms with Crippen molar-refractivity contribution < 1.29 is 14.3 Å². The molecule has 0 spiro atoms. The second-order valence-corrected chi connectivity index (χ2v) is 4.57. The average Bonchev–Trinajstić information content (AvgIpc) is 2.28. The minimum atomic E-state index is -0.277. The van der Waals surface area contributed by atoms with E-state index in [0.717, 1.165) is 12.2 Å². The van der Waals surface area contributed by atoms with Gasteiger partial charge in [0.25, 0.3) is 0 Å². The molecule has 0 aliphatic carbocycles. The topological polar surface area (TPSA) is 35.5 Å². The predicted octanol–water partition coefficient (Wildman–Crippen LogP) is 3.29. The highest BCUT2D eigenvalue weighted by Crippen LogP contribution is 2.14. The van der Waals surface area contributed by atoms with E-state index >= 15 is 0 Å². The molecule has 3 nitrogen and oxygen atoms in total. The summed E-state index contributed by atoms with van der Waals surface area (Å²) in [5.74, 6) is 0.978. The van der Waals surface area contributed by atoms with E-state index in [2.05, 4.69) is 13.8 Å². The number of ether oxygens (including phenoxy) is 2. The summed E-state index contributed by atoms with van der Waals surface area (Å²) in [4.78, 5) is 11.8. The summed E-state index contributed by atoms with van der Waals surface area (Å²) >= 11 is 0. The molecule has 3 heteroatoms. The molecular formula is C14H20O3. The summed E-state index contributed by atoms with van der Waals surface area (Å²) in [5, 5.41) is 0. The van der Waals surface area contributed by atoms with E-state index in [1.807, 2.05) is 6.92 Å². The lowest BCUT2D eigenvalue weighted by atomic mass is 10.1. The molecule has 0 saturated heterocycles. The standard InChI is InChI=1S/C14H20O3/c1-10(2)9-11(3)17-14(15)12-5-7-13(16-4)8-6-12/h5-8,10-11H,9H2,1-4H3. The van der Waals surface area contributed by atoms with Gasteiger partial charge in [-0.15, -0.1) is 0 Å². The fourth-order valence-electron chi connectivity index (χ4n) is 1.69. The van der Waals surface area contributed by atoms with Crippen molar-refractivity contribution in [3.8, 4) is 5.75 Å². The molecule has 0 fully saturated rings. The molecule has 0 radical (unpaired) electrons. The van der Waals surface area contributed by atoms with Crippen LogP contribution in [-0.4, -0.2) is 19.2 Å². The number of hydrogen-bond acceptors (Lipinski definition) is 3. The first-order valence-electron chi connectivity index (χ1n) is 5.88. The Morgan fingerprint density at radius 2 is 1.76 bits per heavy atom. The third kappa shape index (κ3) is 4.47. The number of esters is 1. The lowest BCUT2D eigenvalue weighted by Gasteiger charge is -2.15. The Labute approximate surface area is 103 Å². The molecule has 17 heavy (non-hydrogen) atoms. The Kier molecular flexibility index (Phi) is 5.01. The van der Waals surface area contributed by atoms with Crippen LogP contribution in [0.1, 0.15) is 37.6 Å². The zero-order valence-electron chi connectivity index (χ0n) is 10.9. The van der Waals surface area contributed by atoms with Gasteiger partial charge in [0.2, 0.25) is 0 Å². The quantitative estimate of drug-likeness (QED) is 0.736. The highest BCUT2D eigenvalue weighted by molar-refractivity contribution is 5.89. The summed E-state index contributed by atoms with van der Waals surface area (Å²) in [6.07, 6.45) is 0.826. The smallest absolute Gasteiger partial charge is 0.338 e. The van der Waals surface area contributed by atoms with Crippen LogP contribution in [0.25, 0.3) is 0 Å². The van der Waals surface area contributed by atoms with Gasteiger partial charge >= 0.3 is 5.97 Å². The van der Waals surface area contributed by atoms with Crippen molar-refractivity contribution in [2.75, 3.05) is 7.11 Å². The van der Waals surface area contributed by atoms with Gasteiger partial charge in [0, 0.05) is 0 Å². The largest absolute Gasteiger partial charge is 0.497 e. The van der Waals surface area contributed by atoms with Crippen LogP contribution < -0.4 is 4.74 Å². The molecule has 1 atom stereocenters. The van der Waals surface area contributed by atoms with Crippen molar-refractivity contribution in [2.24, 2.45) is 5.92 Å². The van der Waals surface area contributed by atoms with E-state index in [-0.39, 0.29) is 12.1 Å². The Morgan fingerprint density at radius 1 is 1.18 bits per heavy atom. The number of hydrogen-bond donors (Lipinski definition) is 0. The maximum atomic E-state index is 11.8. The fraction of sp³-hybridized carbons (Fsp3) is 0.500. The summed E-state index contributed by atoms with van der Waals surface area (Å²) in [7, 11) is 1.60. The monoisotopic (exact) mass is 236 g/mol. The van der Waals surface area contributed by atoms with Crippen LogP contribution in [0.15, 0.2) is 24.3 Å². The fourth-order valence-corrected chi connectivity index (χ4v) is 1.69. The molecule has 1 aromatic carbocycles. The van der Waals surface area contributed by atoms with Crippen molar-refractivity contribution >= 4 is 5.97 Å². The zero-order valence-corrected chi connectivity index (χ0v) is 10.9. The highest BCUT2D eigenvalue weighted by atomic mass is 16.5. The van der Waals surface area contributed by atoms with E-state index in [1.54, 1.807) is 31.4 Å². The van der Waals surface area contributed by atoms with Gasteiger partial charge in [-0.2, -0.15) is 0 Å². The van der Waals surface area contributed by atoms with Gasteiger partial charge in [0.15, 0.2) is 0 Å². The van der Waals surface area contributed by atoms with E-state index in [4.69, 9.17) is 9.47 Å². The highest BCUT2D eigenvalue weighted by Gasteiger charge is 2.13. The van der Waals surface area contributed by atoms with Crippen LogP contribution in [0, 0.1) is 5.92 Å². The Morgan fingerprint density at radius 3 is 2.24 bits per heavy atom. The van der Waals surface area contributed by atoms with Gasteiger partial charge in [0.05, 0.1) is 18.8 Å². The second kappa shape index (κ2) is 6.28. The van der Waals surface area contributed by atoms with Crippen LogP contribution in [-0.2, 0) is 4.74 Å². The first-order valence-corrected chi connectivity index (χ1v) is 5.88. The normalized spacial score (nSPS) is 12.3. The van der Waals surface area contributed by atoms with Gasteiger partial charge in [-0.1, -0.05) is 13.8 Å². The summed E-state index contributed by atoms with van der Waals surface area (Å²) in [6.45, 7) is 6.14. The van der Waals surface area contributed by atoms with Gasteiger partial charge in [-0.25, -0.2) is 4.79 Å². The molecule has 0 aliphatic rings. The summed E-state index contributed by atoms with van der Waals surface area (Å²) in [6, 6.07) is 6.93.